The Morgan fingerprint density at radius 2 is 2.00 bits per heavy atom. The van der Waals surface area contributed by atoms with Crippen LogP contribution in [-0.4, -0.2) is 19.6 Å². The van der Waals surface area contributed by atoms with Crippen molar-refractivity contribution in [1.82, 2.24) is 19.6 Å². The van der Waals surface area contributed by atoms with E-state index in [0.29, 0.717) is 17.0 Å². The van der Waals surface area contributed by atoms with Crippen molar-refractivity contribution in [2.24, 2.45) is 0 Å². The fourth-order valence-corrected chi connectivity index (χ4v) is 3.73. The van der Waals surface area contributed by atoms with Crippen molar-refractivity contribution in [2.75, 3.05) is 0 Å². The lowest BCUT2D eigenvalue weighted by Crippen LogP contribution is -2.15. The number of hydrogen-bond donors (Lipinski definition) is 1. The van der Waals surface area contributed by atoms with Crippen molar-refractivity contribution in [3.05, 3.63) is 51.6 Å². The Bertz CT molecular complexity index is 1030. The third-order valence-electron chi connectivity index (χ3n) is 3.76. The second-order valence-electron chi connectivity index (χ2n) is 5.52. The Hall–Kier alpha value is -2.47. The Kier molecular flexibility index (Phi) is 2.87. The summed E-state index contributed by atoms with van der Waals surface area (Å²) in [6, 6.07) is 9.66. The number of rotatable bonds is 2. The number of H-pyrrole nitrogens is 1. The normalized spacial score (nSPS) is 11.8. The number of aromatic nitrogens is 4. The topological polar surface area (TPSA) is 63.1 Å². The number of thiophene rings is 1. The summed E-state index contributed by atoms with van der Waals surface area (Å²) in [5, 5.41) is 9.88. The summed E-state index contributed by atoms with van der Waals surface area (Å²) in [4.78, 5) is 18.3. The molecule has 5 nitrogen and oxygen atoms in total. The second kappa shape index (κ2) is 4.78. The molecule has 1 aromatic carbocycles. The lowest BCUT2D eigenvalue weighted by Gasteiger charge is -2.03. The summed E-state index contributed by atoms with van der Waals surface area (Å²) >= 11 is 1.50. The van der Waals surface area contributed by atoms with E-state index in [4.69, 9.17) is 0 Å². The average Bonchev–Trinajstić information content (AvgIpc) is 3.12. The largest absolute Gasteiger partial charge is 0.269 e. The molecule has 0 saturated heterocycles. The van der Waals surface area contributed by atoms with E-state index in [9.17, 15) is 4.79 Å². The monoisotopic (exact) mass is 310 g/mol. The summed E-state index contributed by atoms with van der Waals surface area (Å²) < 4.78 is 1.57. The van der Waals surface area contributed by atoms with Gasteiger partial charge in [0.2, 0.25) is 5.78 Å². The van der Waals surface area contributed by atoms with Crippen LogP contribution in [0, 0.1) is 0 Å². The highest BCUT2D eigenvalue weighted by Gasteiger charge is 2.18. The van der Waals surface area contributed by atoms with Gasteiger partial charge in [-0.05, 0) is 16.9 Å². The predicted octanol–water partition coefficient (Wildman–Crippen LogP) is 3.42. The summed E-state index contributed by atoms with van der Waals surface area (Å²) in [5.41, 5.74) is 1.88. The van der Waals surface area contributed by atoms with Gasteiger partial charge in [0.15, 0.2) is 5.82 Å². The van der Waals surface area contributed by atoms with E-state index in [1.807, 2.05) is 35.7 Å². The minimum absolute atomic E-state index is 0.0578. The van der Waals surface area contributed by atoms with E-state index in [1.54, 1.807) is 4.40 Å². The second-order valence-corrected chi connectivity index (χ2v) is 6.37. The molecule has 1 N–H and O–H groups in total. The fraction of sp³-hybridized carbons (Fsp3) is 0.188. The number of hydrogen-bond acceptors (Lipinski definition) is 4. The summed E-state index contributed by atoms with van der Waals surface area (Å²) in [6.07, 6.45) is 0. The number of nitrogens with one attached hydrogen (secondary N) is 1. The fourth-order valence-electron chi connectivity index (χ4n) is 2.64. The van der Waals surface area contributed by atoms with Crippen LogP contribution >= 0.6 is 11.3 Å². The molecule has 0 aliphatic rings. The Morgan fingerprint density at radius 3 is 2.73 bits per heavy atom. The third-order valence-corrected chi connectivity index (χ3v) is 4.65. The SMILES string of the molecule is CC(C)c1csc2nc3[nH]nc(-c4ccccc4)n3c(=O)c12. The maximum atomic E-state index is 13.0. The Morgan fingerprint density at radius 1 is 1.23 bits per heavy atom. The van der Waals surface area contributed by atoms with Crippen LogP contribution in [0.3, 0.4) is 0 Å². The molecule has 3 heterocycles. The minimum Gasteiger partial charge on any atom is -0.268 e. The van der Waals surface area contributed by atoms with Crippen LogP contribution in [-0.2, 0) is 0 Å². The van der Waals surface area contributed by atoms with E-state index in [2.05, 4.69) is 29.0 Å². The van der Waals surface area contributed by atoms with E-state index in [-0.39, 0.29) is 11.5 Å². The smallest absolute Gasteiger partial charge is 0.268 e. The first-order valence-electron chi connectivity index (χ1n) is 7.10. The number of benzene rings is 1. The van der Waals surface area contributed by atoms with Gasteiger partial charge in [-0.3, -0.25) is 4.79 Å². The zero-order chi connectivity index (χ0) is 15.3. The minimum atomic E-state index is -0.0578. The molecule has 0 aliphatic heterocycles. The van der Waals surface area contributed by atoms with Crippen LogP contribution in [0.2, 0.25) is 0 Å². The maximum Gasteiger partial charge on any atom is 0.269 e. The van der Waals surface area contributed by atoms with Crippen LogP contribution in [0.5, 0.6) is 0 Å². The lowest BCUT2D eigenvalue weighted by atomic mass is 10.0. The Balaban J connectivity index is 2.12. The van der Waals surface area contributed by atoms with Gasteiger partial charge in [0.1, 0.15) is 4.83 Å². The molecule has 4 rings (SSSR count). The van der Waals surface area contributed by atoms with Crippen LogP contribution in [0.25, 0.3) is 27.4 Å². The third kappa shape index (κ3) is 1.80. The van der Waals surface area contributed by atoms with Crippen molar-refractivity contribution in [1.29, 1.82) is 0 Å². The van der Waals surface area contributed by atoms with Crippen LogP contribution in [0.15, 0.2) is 40.5 Å². The molecule has 0 spiro atoms. The number of aromatic amines is 1. The molecule has 0 amide bonds. The highest BCUT2D eigenvalue weighted by molar-refractivity contribution is 7.16. The molecule has 0 saturated carbocycles. The molecule has 0 unspecified atom stereocenters. The van der Waals surface area contributed by atoms with E-state index >= 15 is 0 Å². The zero-order valence-corrected chi connectivity index (χ0v) is 13.0. The molecule has 3 aromatic heterocycles. The van der Waals surface area contributed by atoms with E-state index < -0.39 is 0 Å². The van der Waals surface area contributed by atoms with Gasteiger partial charge in [-0.2, -0.15) is 5.10 Å². The van der Waals surface area contributed by atoms with Crippen LogP contribution in [0.4, 0.5) is 0 Å². The summed E-state index contributed by atoms with van der Waals surface area (Å²) in [7, 11) is 0. The zero-order valence-electron chi connectivity index (χ0n) is 12.2. The predicted molar refractivity (Wildman–Crippen MR) is 88.5 cm³/mol. The molecule has 6 heteroatoms. The summed E-state index contributed by atoms with van der Waals surface area (Å²) in [6.45, 7) is 4.17. The highest BCUT2D eigenvalue weighted by Crippen LogP contribution is 2.28. The van der Waals surface area contributed by atoms with Crippen molar-refractivity contribution < 1.29 is 0 Å². The van der Waals surface area contributed by atoms with Crippen molar-refractivity contribution in [3.8, 4) is 11.4 Å². The average molecular weight is 310 g/mol. The van der Waals surface area contributed by atoms with Gasteiger partial charge < -0.3 is 0 Å². The van der Waals surface area contributed by atoms with Gasteiger partial charge in [-0.1, -0.05) is 44.2 Å². The van der Waals surface area contributed by atoms with Gasteiger partial charge in [-0.25, -0.2) is 14.5 Å². The van der Waals surface area contributed by atoms with Crippen LogP contribution in [0.1, 0.15) is 25.3 Å². The molecule has 110 valence electrons. The molecular formula is C16H14N4OS. The van der Waals surface area contributed by atoms with Crippen molar-refractivity contribution in [3.63, 3.8) is 0 Å². The van der Waals surface area contributed by atoms with Gasteiger partial charge >= 0.3 is 0 Å². The van der Waals surface area contributed by atoms with Gasteiger partial charge in [-0.15, -0.1) is 11.3 Å². The van der Waals surface area contributed by atoms with Gasteiger partial charge in [0.25, 0.3) is 5.56 Å². The van der Waals surface area contributed by atoms with Crippen molar-refractivity contribution >= 4 is 27.3 Å². The number of nitrogens with zero attached hydrogens (tertiary/aromatic N) is 3. The lowest BCUT2D eigenvalue weighted by molar-refractivity contribution is 0.877. The van der Waals surface area contributed by atoms with Crippen molar-refractivity contribution in [2.45, 2.75) is 19.8 Å². The molecule has 0 atom stereocenters. The number of fused-ring (bicyclic) bond motifs is 2. The van der Waals surface area contributed by atoms with E-state index in [0.717, 1.165) is 16.0 Å². The first-order valence-corrected chi connectivity index (χ1v) is 7.98. The summed E-state index contributed by atoms with van der Waals surface area (Å²) in [5.74, 6) is 1.36. The molecule has 0 bridgehead atoms. The Labute approximate surface area is 130 Å². The molecule has 0 radical (unpaired) electrons. The first kappa shape index (κ1) is 13.2. The molecule has 0 aliphatic carbocycles. The molecule has 22 heavy (non-hydrogen) atoms. The van der Waals surface area contributed by atoms with Gasteiger partial charge in [0.05, 0.1) is 5.39 Å². The van der Waals surface area contributed by atoms with Gasteiger partial charge in [0, 0.05) is 5.56 Å². The van der Waals surface area contributed by atoms with E-state index in [1.165, 1.54) is 11.3 Å². The molecular weight excluding hydrogens is 296 g/mol. The van der Waals surface area contributed by atoms with Crippen LogP contribution < -0.4 is 5.56 Å². The highest BCUT2D eigenvalue weighted by atomic mass is 32.1. The maximum absolute atomic E-state index is 13.0. The molecule has 0 fully saturated rings. The quantitative estimate of drug-likeness (QED) is 0.617. The molecule has 4 aromatic rings. The first-order chi connectivity index (χ1) is 10.7. The standard InChI is InChI=1S/C16H14N4OS/c1-9(2)11-8-22-14-12(11)15(21)20-13(18-19-16(20)17-14)10-6-4-3-5-7-10/h3-9H,1-2H3,(H,17,19).